The van der Waals surface area contributed by atoms with Gasteiger partial charge >= 0.3 is 0 Å². The molecule has 0 aliphatic rings. The second-order valence-electron chi connectivity index (χ2n) is 2.07. The molecule has 1 N–H and O–H groups in total. The number of azide groups is 1. The fourth-order valence-electron chi connectivity index (χ4n) is 0.333. The maximum Gasteiger partial charge on any atom is 0.0438 e. The van der Waals surface area contributed by atoms with Crippen LogP contribution in [-0.4, -0.2) is 23.6 Å². The third-order valence-electron chi connectivity index (χ3n) is 0.967. The molecule has 0 aromatic heterocycles. The topological polar surface area (TPSA) is 69.0 Å². The van der Waals surface area contributed by atoms with Crippen LogP contribution in [0.15, 0.2) is 5.11 Å². The van der Waals surface area contributed by atoms with Crippen LogP contribution >= 0.6 is 15.9 Å². The van der Waals surface area contributed by atoms with Crippen LogP contribution in [0.3, 0.4) is 0 Å². The Hall–Kier alpha value is -0.250. The van der Waals surface area contributed by atoms with Crippen molar-refractivity contribution in [3.8, 4) is 0 Å². The van der Waals surface area contributed by atoms with Gasteiger partial charge in [-0.1, -0.05) is 34.4 Å². The Balaban J connectivity index is 0. The molecule has 4 nitrogen and oxygen atoms in total. The van der Waals surface area contributed by atoms with E-state index >= 15 is 0 Å². The van der Waals surface area contributed by atoms with Gasteiger partial charge in [0, 0.05) is 23.4 Å². The number of unbranched alkanes of at least 4 members (excludes halogenated alkanes) is 1. The summed E-state index contributed by atoms with van der Waals surface area (Å²) in [6, 6.07) is 0. The van der Waals surface area contributed by atoms with Gasteiger partial charge in [0.25, 0.3) is 0 Å². The molecular weight excluding hydrogens is 222 g/mol. The maximum atomic E-state index is 8.04. The summed E-state index contributed by atoms with van der Waals surface area (Å²) in [5.41, 5.74) is 7.75. The van der Waals surface area contributed by atoms with Crippen LogP contribution in [0.1, 0.15) is 26.2 Å². The standard InChI is InChI=1S/C4H9N3.C3H7BrO/c1-2-3-4-6-7-5;4-2-1-3-5/h2-4H2,1H3;5H,1-3H2. The average Bonchev–Trinajstić information content (AvgIpc) is 2.08. The van der Waals surface area contributed by atoms with Crippen molar-refractivity contribution in [3.05, 3.63) is 10.4 Å². The lowest BCUT2D eigenvalue weighted by molar-refractivity contribution is 0.296. The first-order valence-corrected chi connectivity index (χ1v) is 5.13. The van der Waals surface area contributed by atoms with Crippen molar-refractivity contribution in [2.75, 3.05) is 18.5 Å². The third-order valence-corrected chi connectivity index (χ3v) is 1.53. The summed E-state index contributed by atoms with van der Waals surface area (Å²) >= 11 is 3.15. The molecule has 0 radical (unpaired) electrons. The number of alkyl halides is 1. The van der Waals surface area contributed by atoms with Gasteiger partial charge in [-0.3, -0.25) is 0 Å². The van der Waals surface area contributed by atoms with Crippen LogP contribution in [0.5, 0.6) is 0 Å². The van der Waals surface area contributed by atoms with Gasteiger partial charge in [-0.25, -0.2) is 0 Å². The molecular formula is C7H16BrN3O. The number of aliphatic hydroxyl groups excluding tert-OH is 1. The first-order valence-electron chi connectivity index (χ1n) is 4.01. The number of hydrogen-bond acceptors (Lipinski definition) is 2. The molecule has 0 saturated heterocycles. The zero-order valence-electron chi connectivity index (χ0n) is 7.41. The van der Waals surface area contributed by atoms with Crippen molar-refractivity contribution in [2.45, 2.75) is 26.2 Å². The van der Waals surface area contributed by atoms with Crippen LogP contribution in [0.2, 0.25) is 0 Å². The molecule has 72 valence electrons. The smallest absolute Gasteiger partial charge is 0.0438 e. The lowest BCUT2D eigenvalue weighted by Crippen LogP contribution is -1.78. The largest absolute Gasteiger partial charge is 0.396 e. The van der Waals surface area contributed by atoms with Gasteiger partial charge in [0.2, 0.25) is 0 Å². The number of rotatable bonds is 5. The predicted molar refractivity (Wildman–Crippen MR) is 54.4 cm³/mol. The molecule has 0 amide bonds. The highest BCUT2D eigenvalue weighted by atomic mass is 79.9. The van der Waals surface area contributed by atoms with Crippen molar-refractivity contribution in [1.82, 2.24) is 0 Å². The van der Waals surface area contributed by atoms with Crippen molar-refractivity contribution >= 4 is 15.9 Å². The van der Waals surface area contributed by atoms with Gasteiger partial charge in [0.05, 0.1) is 0 Å². The van der Waals surface area contributed by atoms with Gasteiger partial charge in [0.15, 0.2) is 0 Å². The fraction of sp³-hybridized carbons (Fsp3) is 1.00. The number of hydrogen-bond donors (Lipinski definition) is 1. The van der Waals surface area contributed by atoms with Crippen LogP contribution in [-0.2, 0) is 0 Å². The second-order valence-corrected chi connectivity index (χ2v) is 2.87. The molecule has 0 aliphatic carbocycles. The first-order chi connectivity index (χ1) is 5.83. The van der Waals surface area contributed by atoms with E-state index in [0.717, 1.165) is 24.6 Å². The maximum absolute atomic E-state index is 8.04. The van der Waals surface area contributed by atoms with Crippen molar-refractivity contribution in [1.29, 1.82) is 0 Å². The monoisotopic (exact) mass is 237 g/mol. The van der Waals surface area contributed by atoms with E-state index in [1.807, 2.05) is 0 Å². The molecule has 0 aromatic carbocycles. The van der Waals surface area contributed by atoms with Crippen LogP contribution in [0, 0.1) is 0 Å². The van der Waals surface area contributed by atoms with Crippen LogP contribution in [0.25, 0.3) is 10.4 Å². The molecule has 5 heteroatoms. The molecule has 12 heavy (non-hydrogen) atoms. The highest BCUT2D eigenvalue weighted by molar-refractivity contribution is 9.09. The highest BCUT2D eigenvalue weighted by Gasteiger charge is 1.74. The molecule has 0 heterocycles. The SMILES string of the molecule is CCCCN=[N+]=[N-].OCCCBr. The Morgan fingerprint density at radius 3 is 2.42 bits per heavy atom. The van der Waals surface area contributed by atoms with Crippen molar-refractivity contribution < 1.29 is 5.11 Å². The van der Waals surface area contributed by atoms with Crippen molar-refractivity contribution in [3.63, 3.8) is 0 Å². The van der Waals surface area contributed by atoms with E-state index in [2.05, 4.69) is 32.9 Å². The van der Waals surface area contributed by atoms with E-state index in [9.17, 15) is 0 Å². The Bertz CT molecular complexity index is 113. The summed E-state index contributed by atoms with van der Waals surface area (Å²) in [4.78, 5) is 2.60. The van der Waals surface area contributed by atoms with Crippen molar-refractivity contribution in [2.24, 2.45) is 5.11 Å². The molecule has 0 aromatic rings. The van der Waals surface area contributed by atoms with Gasteiger partial charge in [-0.05, 0) is 18.4 Å². The van der Waals surface area contributed by atoms with E-state index in [0.29, 0.717) is 13.2 Å². The zero-order valence-corrected chi connectivity index (χ0v) is 9.00. The molecule has 0 saturated carbocycles. The zero-order chi connectivity index (χ0) is 9.66. The summed E-state index contributed by atoms with van der Waals surface area (Å²) in [5.74, 6) is 0. The quantitative estimate of drug-likeness (QED) is 0.258. The summed E-state index contributed by atoms with van der Waals surface area (Å²) in [6.07, 6.45) is 2.96. The van der Waals surface area contributed by atoms with Gasteiger partial charge in [-0.15, -0.1) is 0 Å². The molecule has 0 spiro atoms. The second kappa shape index (κ2) is 17.0. The Labute approximate surface area is 81.7 Å². The minimum Gasteiger partial charge on any atom is -0.396 e. The number of halogens is 1. The van der Waals surface area contributed by atoms with E-state index in [1.54, 1.807) is 0 Å². The van der Waals surface area contributed by atoms with E-state index in [1.165, 1.54) is 0 Å². The third kappa shape index (κ3) is 22.6. The minimum absolute atomic E-state index is 0.297. The summed E-state index contributed by atoms with van der Waals surface area (Å²) in [7, 11) is 0. The molecule has 0 aliphatic heterocycles. The van der Waals surface area contributed by atoms with E-state index in [-0.39, 0.29) is 0 Å². The summed E-state index contributed by atoms with van der Waals surface area (Å²) < 4.78 is 0. The Kier molecular flexibility index (Phi) is 20.3. The molecule has 0 rings (SSSR count). The van der Waals surface area contributed by atoms with Gasteiger partial charge in [0.1, 0.15) is 0 Å². The Morgan fingerprint density at radius 1 is 1.50 bits per heavy atom. The molecule has 0 unspecified atom stereocenters. The van der Waals surface area contributed by atoms with Crippen LogP contribution in [0.4, 0.5) is 0 Å². The van der Waals surface area contributed by atoms with Gasteiger partial charge < -0.3 is 5.11 Å². The number of aliphatic hydroxyl groups is 1. The first kappa shape index (κ1) is 14.3. The Morgan fingerprint density at radius 2 is 2.17 bits per heavy atom. The molecule has 0 bridgehead atoms. The minimum atomic E-state index is 0.297. The van der Waals surface area contributed by atoms with Gasteiger partial charge in [-0.2, -0.15) is 0 Å². The molecule has 0 atom stereocenters. The normalized spacial score (nSPS) is 7.92. The summed E-state index contributed by atoms with van der Waals surface area (Å²) in [6.45, 7) is 3.01. The van der Waals surface area contributed by atoms with E-state index < -0.39 is 0 Å². The average molecular weight is 238 g/mol. The molecule has 0 fully saturated rings. The summed E-state index contributed by atoms with van der Waals surface area (Å²) in [5, 5.41) is 12.3. The predicted octanol–water partition coefficient (Wildman–Crippen LogP) is 2.86. The lowest BCUT2D eigenvalue weighted by Gasteiger charge is -1.80. The number of nitrogens with zero attached hydrogens (tertiary/aromatic N) is 3. The lowest BCUT2D eigenvalue weighted by atomic mass is 10.3. The highest BCUT2D eigenvalue weighted by Crippen LogP contribution is 1.85. The van der Waals surface area contributed by atoms with E-state index in [4.69, 9.17) is 10.6 Å². The van der Waals surface area contributed by atoms with Crippen LogP contribution < -0.4 is 0 Å². The fourth-order valence-corrected chi connectivity index (χ4v) is 0.584.